The molecule has 17 atom stereocenters. The first-order chi connectivity index (χ1) is 31.8. The number of hydrogen-bond donors (Lipinski definition) is 3. The van der Waals surface area contributed by atoms with Crippen molar-refractivity contribution < 1.29 is 75.9 Å². The van der Waals surface area contributed by atoms with Gasteiger partial charge in [0.05, 0.1) is 72.7 Å². The van der Waals surface area contributed by atoms with E-state index >= 15 is 0 Å². The maximum absolute atomic E-state index is 14.7. The van der Waals surface area contributed by atoms with Gasteiger partial charge >= 0.3 is 12.3 Å². The van der Waals surface area contributed by atoms with Crippen LogP contribution in [-0.2, 0) is 49.3 Å². The second-order valence-electron chi connectivity index (χ2n) is 20.0. The molecule has 3 saturated heterocycles. The molecule has 388 valence electrons. The summed E-state index contributed by atoms with van der Waals surface area (Å²) in [5.74, 6) is -3.29. The molecule has 3 aliphatic rings. The van der Waals surface area contributed by atoms with E-state index in [-0.39, 0.29) is 55.9 Å². The van der Waals surface area contributed by atoms with Crippen LogP contribution in [0.25, 0.3) is 5.69 Å². The molecular formula is C47H76F3N5O13. The zero-order chi connectivity index (χ0) is 50.5. The van der Waals surface area contributed by atoms with Crippen molar-refractivity contribution in [3.63, 3.8) is 0 Å². The number of aromatic nitrogens is 3. The van der Waals surface area contributed by atoms with Crippen molar-refractivity contribution in [1.29, 1.82) is 0 Å². The van der Waals surface area contributed by atoms with Crippen molar-refractivity contribution in [2.75, 3.05) is 55.1 Å². The van der Waals surface area contributed by atoms with E-state index < -0.39 is 90.7 Å². The van der Waals surface area contributed by atoms with Crippen LogP contribution in [0.2, 0.25) is 0 Å². The van der Waals surface area contributed by atoms with E-state index in [0.717, 1.165) is 0 Å². The summed E-state index contributed by atoms with van der Waals surface area (Å²) >= 11 is 0. The summed E-state index contributed by atoms with van der Waals surface area (Å²) in [4.78, 5) is 18.6. The molecular weight excluding hydrogens is 900 g/mol. The second-order valence-corrected chi connectivity index (χ2v) is 20.0. The van der Waals surface area contributed by atoms with Crippen molar-refractivity contribution in [2.24, 2.45) is 23.7 Å². The van der Waals surface area contributed by atoms with Gasteiger partial charge < -0.3 is 67.8 Å². The molecule has 18 nitrogen and oxygen atoms in total. The summed E-state index contributed by atoms with van der Waals surface area (Å²) in [6.45, 7) is 15.3. The van der Waals surface area contributed by atoms with Gasteiger partial charge in [-0.1, -0.05) is 26.0 Å². The number of carbonyl (C=O) groups excluding carboxylic acids is 1. The molecule has 0 bridgehead atoms. The lowest BCUT2D eigenvalue weighted by molar-refractivity contribution is -0.319. The quantitative estimate of drug-likeness (QED) is 0.240. The summed E-state index contributed by atoms with van der Waals surface area (Å²) in [5, 5.41) is 43.0. The highest BCUT2D eigenvalue weighted by molar-refractivity contribution is 5.73. The number of esters is 1. The van der Waals surface area contributed by atoms with Crippen molar-refractivity contribution in [3.8, 4) is 11.4 Å². The lowest BCUT2D eigenvalue weighted by Crippen LogP contribution is -2.61. The highest BCUT2D eigenvalue weighted by Gasteiger charge is 2.52. The van der Waals surface area contributed by atoms with Crippen molar-refractivity contribution >= 4 is 5.97 Å². The van der Waals surface area contributed by atoms with Crippen molar-refractivity contribution in [1.82, 2.24) is 24.8 Å². The van der Waals surface area contributed by atoms with Crippen LogP contribution in [0, 0.1) is 23.7 Å². The van der Waals surface area contributed by atoms with E-state index in [1.165, 1.54) is 36.1 Å². The van der Waals surface area contributed by atoms with E-state index in [4.69, 9.17) is 37.9 Å². The number of aliphatic hydroxyl groups is 3. The van der Waals surface area contributed by atoms with Crippen molar-refractivity contribution in [3.05, 3.63) is 36.2 Å². The molecule has 3 N–H and O–H groups in total. The van der Waals surface area contributed by atoms with E-state index in [2.05, 4.69) is 15.0 Å². The smallest absolute Gasteiger partial charge is 0.458 e. The number of ether oxygens (including phenoxy) is 9. The molecule has 0 radical (unpaired) electrons. The number of likely N-dealkylation sites (N-methyl/N-ethyl adjacent to an activating group) is 2. The minimum Gasteiger partial charge on any atom is -0.458 e. The summed E-state index contributed by atoms with van der Waals surface area (Å²) in [6, 6.07) is 4.86. The molecule has 4 heterocycles. The number of rotatable bonds is 13. The van der Waals surface area contributed by atoms with Gasteiger partial charge in [-0.25, -0.2) is 4.68 Å². The number of methoxy groups -OCH3 is 2. The van der Waals surface area contributed by atoms with Crippen molar-refractivity contribution in [2.45, 2.75) is 166 Å². The predicted molar refractivity (Wildman–Crippen MR) is 240 cm³/mol. The fraction of sp³-hybridized carbons (Fsp3) is 0.809. The van der Waals surface area contributed by atoms with Crippen LogP contribution in [0.4, 0.5) is 13.2 Å². The lowest BCUT2D eigenvalue weighted by atomic mass is 9.75. The number of halogens is 3. The van der Waals surface area contributed by atoms with Crippen LogP contribution < -0.4 is 4.74 Å². The third-order valence-electron chi connectivity index (χ3n) is 14.0. The van der Waals surface area contributed by atoms with Gasteiger partial charge in [-0.3, -0.25) is 4.79 Å². The Morgan fingerprint density at radius 2 is 1.56 bits per heavy atom. The fourth-order valence-corrected chi connectivity index (χ4v) is 10.0. The minimum absolute atomic E-state index is 0.0453. The fourth-order valence-electron chi connectivity index (χ4n) is 10.0. The highest BCUT2D eigenvalue weighted by Crippen LogP contribution is 2.41. The maximum Gasteiger partial charge on any atom is 0.573 e. The Morgan fingerprint density at radius 1 is 0.897 bits per heavy atom. The molecule has 21 heteroatoms. The molecule has 3 fully saturated rings. The van der Waals surface area contributed by atoms with Gasteiger partial charge in [-0.15, -0.1) is 18.3 Å². The van der Waals surface area contributed by atoms with Gasteiger partial charge in [-0.05, 0) is 105 Å². The molecule has 0 saturated carbocycles. The molecule has 0 amide bonds. The molecule has 3 aliphatic heterocycles. The topological polar surface area (TPSA) is 198 Å². The maximum atomic E-state index is 14.7. The normalized spacial score (nSPS) is 38.7. The largest absolute Gasteiger partial charge is 0.573 e. The second kappa shape index (κ2) is 23.4. The summed E-state index contributed by atoms with van der Waals surface area (Å²) in [7, 11) is 8.72. The molecule has 1 aromatic carbocycles. The first kappa shape index (κ1) is 55.9. The van der Waals surface area contributed by atoms with E-state index in [1.54, 1.807) is 34.1 Å². The Bertz CT molecular complexity index is 1880. The molecule has 0 aliphatic carbocycles. The third kappa shape index (κ3) is 14.1. The van der Waals surface area contributed by atoms with Gasteiger partial charge in [0, 0.05) is 45.7 Å². The number of benzene rings is 1. The highest BCUT2D eigenvalue weighted by atomic mass is 19.4. The zero-order valence-corrected chi connectivity index (χ0v) is 41.8. The Balaban J connectivity index is 1.47. The summed E-state index contributed by atoms with van der Waals surface area (Å²) in [6.07, 6.45) is -10.9. The first-order valence-corrected chi connectivity index (χ1v) is 23.4. The number of nitrogens with zero attached hydrogens (tertiary/aromatic N) is 5. The summed E-state index contributed by atoms with van der Waals surface area (Å²) < 4.78 is 94.5. The minimum atomic E-state index is -4.83. The van der Waals surface area contributed by atoms with Crippen LogP contribution >= 0.6 is 0 Å². The Kier molecular flexibility index (Phi) is 19.3. The number of alkyl halides is 3. The van der Waals surface area contributed by atoms with E-state index in [0.29, 0.717) is 30.8 Å². The molecule has 0 spiro atoms. The number of aliphatic hydroxyl groups excluding tert-OH is 3. The van der Waals surface area contributed by atoms with Gasteiger partial charge in [0.15, 0.2) is 12.6 Å². The van der Waals surface area contributed by atoms with Gasteiger partial charge in [0.2, 0.25) is 0 Å². The number of hydrogen-bond acceptors (Lipinski definition) is 17. The van der Waals surface area contributed by atoms with Gasteiger partial charge in [0.25, 0.3) is 0 Å². The molecule has 5 rings (SSSR count). The van der Waals surface area contributed by atoms with E-state index in [9.17, 15) is 33.3 Å². The Morgan fingerprint density at radius 3 is 2.18 bits per heavy atom. The first-order valence-electron chi connectivity index (χ1n) is 23.4. The average Bonchev–Trinajstić information content (AvgIpc) is 3.74. The number of carbonyl (C=O) groups is 1. The van der Waals surface area contributed by atoms with E-state index in [1.807, 2.05) is 65.6 Å². The number of cyclic esters (lactones) is 1. The van der Waals surface area contributed by atoms with Crippen LogP contribution in [0.15, 0.2) is 30.5 Å². The predicted octanol–water partition coefficient (Wildman–Crippen LogP) is 4.34. The molecule has 68 heavy (non-hydrogen) atoms. The monoisotopic (exact) mass is 976 g/mol. The van der Waals surface area contributed by atoms with Crippen LogP contribution in [-0.4, -0.2) is 186 Å². The lowest BCUT2D eigenvalue weighted by Gasteiger charge is -2.49. The standard InChI is InChI=1S/C47H76F3N5O13/c1-26-19-46(8,61-13)42(67-44-39(57)36(53(9)10)18-28(3)63-44)29(4)40(66-37-20-45(7,60-12)41(58)31(6)64-37)30(5)43(59)65-35(23-54(11)21-27(2)38(26)56)25-62-24-32-22-55(52-51-32)33-14-16-34(17-15-33)68-47(48,49)50/h14-17,22,26-31,35-42,44,56-58H,18-21,23-25H2,1-13H3/t26-,27-,28-,29+,30-,31+,35+,36+,37+,38+,39-,40+,41+,42-,44+,45-,46-/m1/s1. The molecule has 1 aromatic heterocycles. The van der Waals surface area contributed by atoms with Crippen LogP contribution in [0.3, 0.4) is 0 Å². The third-order valence-corrected chi connectivity index (χ3v) is 14.0. The molecule has 0 unspecified atom stereocenters. The Labute approximate surface area is 398 Å². The SMILES string of the molecule is CO[C@]1(C)C[C@@H](C)[C@H](O)[C@H](C)CN(C)C[C@@H](COCc2cn(-c3ccc(OC(F)(F)F)cc3)nn2)OC(=O)[C@H](C)[C@@H](O[C@H]2C[C@@](C)(OC)[C@@H](O)[C@H](C)O2)[C@H](C)[C@H]1O[C@@H]1O[C@H](C)C[C@H](N(C)C)[C@H]1O. The Hall–Kier alpha value is -3.06. The van der Waals surface area contributed by atoms with Gasteiger partial charge in [0.1, 0.15) is 29.8 Å². The van der Waals surface area contributed by atoms with Crippen LogP contribution in [0.1, 0.15) is 80.3 Å². The molecule has 2 aromatic rings. The summed E-state index contributed by atoms with van der Waals surface area (Å²) in [5.41, 5.74) is -1.37. The van der Waals surface area contributed by atoms with Crippen LogP contribution in [0.5, 0.6) is 5.75 Å². The average molecular weight is 976 g/mol. The van der Waals surface area contributed by atoms with Gasteiger partial charge in [-0.2, -0.15) is 0 Å². The zero-order valence-electron chi connectivity index (χ0n) is 41.8.